The normalized spacial score (nSPS) is 23.5. The summed E-state index contributed by atoms with van der Waals surface area (Å²) in [5, 5.41) is 6.62. The Kier molecular flexibility index (Phi) is 6.51. The van der Waals surface area contributed by atoms with Gasteiger partial charge in [0.05, 0.1) is 16.9 Å². The molecule has 2 saturated carbocycles. The lowest BCUT2D eigenvalue weighted by Gasteiger charge is -2.15. The van der Waals surface area contributed by atoms with E-state index in [1.807, 2.05) is 30.3 Å². The molecular formula is C28H29IN2O3. The molecule has 34 heavy (non-hydrogen) atoms. The molecule has 1 N–H and O–H groups in total. The highest BCUT2D eigenvalue weighted by atomic mass is 127. The largest absolute Gasteiger partial charge is 0.493 e. The summed E-state index contributed by atoms with van der Waals surface area (Å²) in [6, 6.07) is 18.4. The summed E-state index contributed by atoms with van der Waals surface area (Å²) in [6.07, 6.45) is 6.45. The van der Waals surface area contributed by atoms with Crippen molar-refractivity contribution in [2.24, 2.45) is 22.4 Å². The molecule has 5 rings (SSSR count). The van der Waals surface area contributed by atoms with Crippen molar-refractivity contribution in [1.82, 2.24) is 5.43 Å². The zero-order valence-corrected chi connectivity index (χ0v) is 21.7. The van der Waals surface area contributed by atoms with Crippen LogP contribution in [0.1, 0.15) is 43.7 Å². The van der Waals surface area contributed by atoms with Gasteiger partial charge in [0.25, 0.3) is 0 Å². The van der Waals surface area contributed by atoms with Gasteiger partial charge in [0, 0.05) is 5.92 Å². The molecule has 2 fully saturated rings. The molecule has 0 radical (unpaired) electrons. The standard InChI is InChI=1S/C28H29IN2O3/c1-28-13-6-5-12-22(28)25(28)27(32)31-30-16-18-14-23(29)26(24(15-18)33-2)34-17-20-10-7-9-19-8-3-4-11-21(19)20/h3-4,7-11,14-16,22,25H,5-6,12-13,17H2,1-2H3,(H,31,32)/b30-16-/t22-,25+,28-/m0/s1. The number of nitrogens with zero attached hydrogens (tertiary/aromatic N) is 1. The van der Waals surface area contributed by atoms with E-state index < -0.39 is 0 Å². The summed E-state index contributed by atoms with van der Waals surface area (Å²) >= 11 is 2.25. The van der Waals surface area contributed by atoms with Gasteiger partial charge in [-0.25, -0.2) is 5.43 Å². The van der Waals surface area contributed by atoms with Gasteiger partial charge >= 0.3 is 0 Å². The number of ether oxygens (including phenoxy) is 2. The minimum atomic E-state index is 0.0438. The van der Waals surface area contributed by atoms with Gasteiger partial charge in [0.1, 0.15) is 6.61 Å². The van der Waals surface area contributed by atoms with Crippen LogP contribution in [0.3, 0.4) is 0 Å². The van der Waals surface area contributed by atoms with E-state index in [0.29, 0.717) is 24.0 Å². The molecule has 0 aromatic heterocycles. The van der Waals surface area contributed by atoms with Gasteiger partial charge in [-0.05, 0) is 80.8 Å². The molecule has 1 amide bonds. The number of rotatable bonds is 7. The maximum atomic E-state index is 12.7. The second kappa shape index (κ2) is 9.56. The fourth-order valence-electron chi connectivity index (χ4n) is 5.61. The van der Waals surface area contributed by atoms with E-state index in [2.05, 4.69) is 64.3 Å². The molecular weight excluding hydrogens is 539 g/mol. The summed E-state index contributed by atoms with van der Waals surface area (Å²) in [6.45, 7) is 2.69. The molecule has 2 aliphatic rings. The average Bonchev–Trinajstić information content (AvgIpc) is 3.48. The van der Waals surface area contributed by atoms with Crippen LogP contribution >= 0.6 is 22.6 Å². The van der Waals surface area contributed by atoms with Crippen molar-refractivity contribution < 1.29 is 14.3 Å². The SMILES string of the molecule is COc1cc(/C=N\NC(=O)[C@H]2[C@@H]3CCCC[C@@]32C)cc(I)c1OCc1cccc2ccccc12. The summed E-state index contributed by atoms with van der Waals surface area (Å²) in [5.74, 6) is 2.01. The van der Waals surface area contributed by atoms with Crippen LogP contribution in [0.15, 0.2) is 59.7 Å². The maximum Gasteiger partial charge on any atom is 0.244 e. The second-order valence-corrected chi connectivity index (χ2v) is 10.7. The highest BCUT2D eigenvalue weighted by Gasteiger charge is 2.64. The van der Waals surface area contributed by atoms with Crippen LogP contribution in [0.25, 0.3) is 10.8 Å². The topological polar surface area (TPSA) is 59.9 Å². The van der Waals surface area contributed by atoms with E-state index in [4.69, 9.17) is 9.47 Å². The smallest absolute Gasteiger partial charge is 0.244 e. The van der Waals surface area contributed by atoms with Crippen molar-refractivity contribution >= 4 is 45.5 Å². The third kappa shape index (κ3) is 4.40. The number of methoxy groups -OCH3 is 1. The fourth-order valence-corrected chi connectivity index (χ4v) is 6.39. The van der Waals surface area contributed by atoms with Gasteiger partial charge < -0.3 is 9.47 Å². The van der Waals surface area contributed by atoms with Gasteiger partial charge in [-0.15, -0.1) is 0 Å². The number of benzene rings is 3. The Morgan fingerprint density at radius 2 is 2.03 bits per heavy atom. The van der Waals surface area contributed by atoms with Crippen LogP contribution in [-0.2, 0) is 11.4 Å². The van der Waals surface area contributed by atoms with Crippen LogP contribution in [0, 0.1) is 20.8 Å². The van der Waals surface area contributed by atoms with Gasteiger partial charge in [0.15, 0.2) is 11.5 Å². The summed E-state index contributed by atoms with van der Waals surface area (Å²) in [4.78, 5) is 12.7. The van der Waals surface area contributed by atoms with Crippen molar-refractivity contribution in [1.29, 1.82) is 0 Å². The monoisotopic (exact) mass is 568 g/mol. The highest BCUT2D eigenvalue weighted by Crippen LogP contribution is 2.66. The highest BCUT2D eigenvalue weighted by molar-refractivity contribution is 14.1. The van der Waals surface area contributed by atoms with Crippen molar-refractivity contribution in [2.75, 3.05) is 7.11 Å². The second-order valence-electron chi connectivity index (χ2n) is 9.53. The molecule has 2 aliphatic carbocycles. The molecule has 0 unspecified atom stereocenters. The molecule has 6 heteroatoms. The Balaban J connectivity index is 1.26. The molecule has 0 heterocycles. The van der Waals surface area contributed by atoms with Crippen LogP contribution in [-0.4, -0.2) is 19.2 Å². The Morgan fingerprint density at radius 3 is 2.82 bits per heavy atom. The number of hydrogen-bond donors (Lipinski definition) is 1. The molecule has 0 spiro atoms. The number of amides is 1. The first-order chi connectivity index (χ1) is 16.5. The minimum Gasteiger partial charge on any atom is -0.493 e. The van der Waals surface area contributed by atoms with E-state index in [1.165, 1.54) is 23.6 Å². The van der Waals surface area contributed by atoms with E-state index in [0.717, 1.165) is 27.5 Å². The average molecular weight is 568 g/mol. The number of fused-ring (bicyclic) bond motifs is 2. The predicted molar refractivity (Wildman–Crippen MR) is 143 cm³/mol. The summed E-state index contributed by atoms with van der Waals surface area (Å²) in [5.41, 5.74) is 4.92. The maximum absolute atomic E-state index is 12.7. The lowest BCUT2D eigenvalue weighted by molar-refractivity contribution is -0.123. The minimum absolute atomic E-state index is 0.0438. The third-order valence-electron chi connectivity index (χ3n) is 7.51. The Bertz CT molecular complexity index is 1250. The molecule has 3 atom stereocenters. The van der Waals surface area contributed by atoms with E-state index in [1.54, 1.807) is 13.3 Å². The lowest BCUT2D eigenvalue weighted by Crippen LogP contribution is -2.22. The van der Waals surface area contributed by atoms with Crippen LogP contribution in [0.2, 0.25) is 0 Å². The molecule has 5 nitrogen and oxygen atoms in total. The molecule has 0 bridgehead atoms. The molecule has 176 valence electrons. The quantitative estimate of drug-likeness (QED) is 0.207. The molecule has 3 aromatic carbocycles. The molecule has 0 aliphatic heterocycles. The van der Waals surface area contributed by atoms with Gasteiger partial charge in [-0.1, -0.05) is 62.2 Å². The Labute approximate surface area is 214 Å². The van der Waals surface area contributed by atoms with Crippen LogP contribution in [0.5, 0.6) is 11.5 Å². The Hall–Kier alpha value is -2.61. The fraction of sp³-hybridized carbons (Fsp3) is 0.357. The molecule has 3 aromatic rings. The summed E-state index contributed by atoms with van der Waals surface area (Å²) < 4.78 is 12.7. The van der Waals surface area contributed by atoms with Gasteiger partial charge in [0.2, 0.25) is 5.91 Å². The number of halogens is 1. The van der Waals surface area contributed by atoms with Crippen molar-refractivity contribution in [3.63, 3.8) is 0 Å². The zero-order valence-electron chi connectivity index (χ0n) is 19.5. The van der Waals surface area contributed by atoms with Crippen LogP contribution in [0.4, 0.5) is 0 Å². The number of nitrogens with one attached hydrogen (secondary N) is 1. The zero-order chi connectivity index (χ0) is 23.7. The van der Waals surface area contributed by atoms with Gasteiger partial charge in [-0.2, -0.15) is 5.10 Å². The van der Waals surface area contributed by atoms with E-state index >= 15 is 0 Å². The van der Waals surface area contributed by atoms with Crippen LogP contribution < -0.4 is 14.9 Å². The lowest BCUT2D eigenvalue weighted by atomic mass is 9.90. The number of carbonyl (C=O) groups excluding carboxylic acids is 1. The van der Waals surface area contributed by atoms with Gasteiger partial charge in [-0.3, -0.25) is 4.79 Å². The number of hydrazone groups is 1. The van der Waals surface area contributed by atoms with E-state index in [-0.39, 0.29) is 17.2 Å². The van der Waals surface area contributed by atoms with E-state index in [9.17, 15) is 4.79 Å². The predicted octanol–water partition coefficient (Wildman–Crippen LogP) is 6.31. The first kappa shape index (κ1) is 23.1. The number of hydrogen-bond acceptors (Lipinski definition) is 4. The number of carbonyl (C=O) groups is 1. The first-order valence-electron chi connectivity index (χ1n) is 11.8. The third-order valence-corrected chi connectivity index (χ3v) is 8.31. The van der Waals surface area contributed by atoms with Crippen molar-refractivity contribution in [3.8, 4) is 11.5 Å². The van der Waals surface area contributed by atoms with Crippen molar-refractivity contribution in [3.05, 3.63) is 69.3 Å². The Morgan fingerprint density at radius 1 is 1.21 bits per heavy atom. The molecule has 0 saturated heterocycles. The summed E-state index contributed by atoms with van der Waals surface area (Å²) in [7, 11) is 1.63. The first-order valence-corrected chi connectivity index (χ1v) is 12.9. The van der Waals surface area contributed by atoms with Crippen molar-refractivity contribution in [2.45, 2.75) is 39.2 Å².